The lowest BCUT2D eigenvalue weighted by Gasteiger charge is -2.28. The summed E-state index contributed by atoms with van der Waals surface area (Å²) < 4.78 is 0. The lowest BCUT2D eigenvalue weighted by atomic mass is 9.95. The molecule has 1 fully saturated rings. The molecule has 0 aromatic heterocycles. The number of hydrogen-bond acceptors (Lipinski definition) is 2. The summed E-state index contributed by atoms with van der Waals surface area (Å²) >= 11 is 0. The van der Waals surface area contributed by atoms with Crippen molar-refractivity contribution < 1.29 is 9.59 Å². The first kappa shape index (κ1) is 19.9. The largest absolute Gasteiger partial charge is 0.327 e. The van der Waals surface area contributed by atoms with Crippen LogP contribution < -0.4 is 0 Å². The number of amides is 3. The molecule has 4 nitrogen and oxygen atoms in total. The first-order valence-electron chi connectivity index (χ1n) is 10.9. The molecule has 0 bridgehead atoms. The van der Waals surface area contributed by atoms with Crippen molar-refractivity contribution in [1.29, 1.82) is 0 Å². The van der Waals surface area contributed by atoms with Gasteiger partial charge in [0.25, 0.3) is 5.91 Å². The van der Waals surface area contributed by atoms with Gasteiger partial charge in [0, 0.05) is 19.5 Å². The Hall–Kier alpha value is -1.84. The van der Waals surface area contributed by atoms with E-state index in [9.17, 15) is 9.59 Å². The standard InChI is InChI=1S/C23H34N2O2/c1-2-3-4-5-6-7-8-9-10-13-16-24-22(26)21-17-19-14-11-12-15-20(19)18-25(21)23(24)27/h11-12,14-15,21H,2-10,13,16-18H2,1H3/t21-/m0/s1. The van der Waals surface area contributed by atoms with E-state index in [1.165, 1.54) is 67.4 Å². The molecule has 0 N–H and O–H groups in total. The highest BCUT2D eigenvalue weighted by molar-refractivity contribution is 6.04. The summed E-state index contributed by atoms with van der Waals surface area (Å²) in [6, 6.07) is 7.79. The van der Waals surface area contributed by atoms with Crippen LogP contribution >= 0.6 is 0 Å². The van der Waals surface area contributed by atoms with Crippen LogP contribution in [0.5, 0.6) is 0 Å². The van der Waals surface area contributed by atoms with Gasteiger partial charge in [0.1, 0.15) is 6.04 Å². The molecule has 0 saturated carbocycles. The van der Waals surface area contributed by atoms with Crippen LogP contribution in [0, 0.1) is 0 Å². The number of imide groups is 1. The maximum Gasteiger partial charge on any atom is 0.327 e. The van der Waals surface area contributed by atoms with Gasteiger partial charge < -0.3 is 4.90 Å². The van der Waals surface area contributed by atoms with Gasteiger partial charge in [-0.05, 0) is 17.5 Å². The summed E-state index contributed by atoms with van der Waals surface area (Å²) in [5, 5.41) is 0. The van der Waals surface area contributed by atoms with Crippen LogP contribution in [0.25, 0.3) is 0 Å². The number of benzene rings is 1. The van der Waals surface area contributed by atoms with Crippen LogP contribution in [0.3, 0.4) is 0 Å². The molecule has 2 aliphatic heterocycles. The topological polar surface area (TPSA) is 40.6 Å². The molecule has 1 aromatic carbocycles. The highest BCUT2D eigenvalue weighted by Gasteiger charge is 2.46. The average Bonchev–Trinajstić information content (AvgIpc) is 2.92. The maximum absolute atomic E-state index is 12.7. The van der Waals surface area contributed by atoms with Crippen LogP contribution in [-0.2, 0) is 17.8 Å². The first-order chi connectivity index (χ1) is 13.2. The predicted octanol–water partition coefficient (Wildman–Crippen LogP) is 5.30. The highest BCUT2D eigenvalue weighted by Crippen LogP contribution is 2.30. The van der Waals surface area contributed by atoms with Crippen LogP contribution in [0.2, 0.25) is 0 Å². The van der Waals surface area contributed by atoms with Crippen molar-refractivity contribution in [3.8, 4) is 0 Å². The first-order valence-corrected chi connectivity index (χ1v) is 10.9. The van der Waals surface area contributed by atoms with Crippen LogP contribution in [0.15, 0.2) is 24.3 Å². The molecular formula is C23H34N2O2. The summed E-state index contributed by atoms with van der Waals surface area (Å²) in [5.74, 6) is 0.00503. The lowest BCUT2D eigenvalue weighted by molar-refractivity contribution is -0.128. The van der Waals surface area contributed by atoms with Crippen molar-refractivity contribution in [3.05, 3.63) is 35.4 Å². The SMILES string of the molecule is CCCCCCCCCCCCN1C(=O)[C@@H]2Cc3ccccc3CN2C1=O. The fourth-order valence-electron chi connectivity index (χ4n) is 4.34. The minimum atomic E-state index is -0.282. The molecule has 3 amide bonds. The Morgan fingerprint density at radius 1 is 0.852 bits per heavy atom. The molecule has 1 atom stereocenters. The van der Waals surface area contributed by atoms with Gasteiger partial charge in [-0.3, -0.25) is 9.69 Å². The normalized spacial score (nSPS) is 18.8. The summed E-state index contributed by atoms with van der Waals surface area (Å²) in [4.78, 5) is 28.7. The number of hydrogen-bond donors (Lipinski definition) is 0. The predicted molar refractivity (Wildman–Crippen MR) is 108 cm³/mol. The van der Waals surface area contributed by atoms with E-state index in [1.807, 2.05) is 12.1 Å². The number of nitrogens with zero attached hydrogens (tertiary/aromatic N) is 2. The second-order valence-corrected chi connectivity index (χ2v) is 8.07. The molecular weight excluding hydrogens is 336 g/mol. The number of rotatable bonds is 11. The molecule has 2 aliphatic rings. The van der Waals surface area contributed by atoms with E-state index in [0.717, 1.165) is 12.8 Å². The van der Waals surface area contributed by atoms with E-state index < -0.39 is 0 Å². The lowest BCUT2D eigenvalue weighted by Crippen LogP contribution is -2.39. The maximum atomic E-state index is 12.7. The van der Waals surface area contributed by atoms with Crippen molar-refractivity contribution in [2.75, 3.05) is 6.54 Å². The summed E-state index contributed by atoms with van der Waals surface area (Å²) in [6.07, 6.45) is 13.3. The Bertz CT molecular complexity index is 600. The van der Waals surface area contributed by atoms with E-state index >= 15 is 0 Å². The van der Waals surface area contributed by atoms with Gasteiger partial charge in [-0.25, -0.2) is 4.79 Å². The smallest absolute Gasteiger partial charge is 0.308 e. The number of fused-ring (bicyclic) bond motifs is 2. The zero-order chi connectivity index (χ0) is 19.1. The Kier molecular flexibility index (Phi) is 7.31. The highest BCUT2D eigenvalue weighted by atomic mass is 16.2. The van der Waals surface area contributed by atoms with Gasteiger partial charge in [0.05, 0.1) is 0 Å². The van der Waals surface area contributed by atoms with Gasteiger partial charge in [-0.1, -0.05) is 89.0 Å². The monoisotopic (exact) mass is 370 g/mol. The van der Waals surface area contributed by atoms with E-state index in [2.05, 4.69) is 19.1 Å². The van der Waals surface area contributed by atoms with Crippen molar-refractivity contribution in [1.82, 2.24) is 9.80 Å². The van der Waals surface area contributed by atoms with Gasteiger partial charge in [0.2, 0.25) is 0 Å². The molecule has 1 saturated heterocycles. The Labute approximate surface area is 163 Å². The minimum Gasteiger partial charge on any atom is -0.308 e. The van der Waals surface area contributed by atoms with Crippen LogP contribution in [0.4, 0.5) is 4.79 Å². The van der Waals surface area contributed by atoms with E-state index in [4.69, 9.17) is 0 Å². The third kappa shape index (κ3) is 4.91. The minimum absolute atomic E-state index is 0.00503. The third-order valence-electron chi connectivity index (χ3n) is 6.01. The summed E-state index contributed by atoms with van der Waals surface area (Å²) in [6.45, 7) is 3.40. The average molecular weight is 371 g/mol. The zero-order valence-corrected chi connectivity index (χ0v) is 16.8. The van der Waals surface area contributed by atoms with Crippen molar-refractivity contribution in [2.45, 2.75) is 90.1 Å². The van der Waals surface area contributed by atoms with E-state index in [1.54, 1.807) is 4.90 Å². The van der Waals surface area contributed by atoms with Crippen molar-refractivity contribution in [2.24, 2.45) is 0 Å². The fourth-order valence-corrected chi connectivity index (χ4v) is 4.34. The van der Waals surface area contributed by atoms with Crippen molar-refractivity contribution in [3.63, 3.8) is 0 Å². The number of carbonyl (C=O) groups excluding carboxylic acids is 2. The Morgan fingerprint density at radius 2 is 1.44 bits per heavy atom. The van der Waals surface area contributed by atoms with E-state index in [0.29, 0.717) is 19.5 Å². The molecule has 0 unspecified atom stereocenters. The molecule has 0 radical (unpaired) electrons. The third-order valence-corrected chi connectivity index (χ3v) is 6.01. The van der Waals surface area contributed by atoms with Gasteiger partial charge >= 0.3 is 6.03 Å². The second-order valence-electron chi connectivity index (χ2n) is 8.07. The van der Waals surface area contributed by atoms with E-state index in [-0.39, 0.29) is 18.0 Å². The number of urea groups is 1. The van der Waals surface area contributed by atoms with Crippen molar-refractivity contribution >= 4 is 11.9 Å². The Balaban J connectivity index is 1.36. The molecule has 4 heteroatoms. The van der Waals surface area contributed by atoms with Crippen LogP contribution in [0.1, 0.15) is 82.3 Å². The second kappa shape index (κ2) is 9.91. The molecule has 1 aromatic rings. The zero-order valence-electron chi connectivity index (χ0n) is 16.8. The van der Waals surface area contributed by atoms with Crippen LogP contribution in [-0.4, -0.2) is 34.3 Å². The molecule has 148 valence electrons. The number of carbonyl (C=O) groups is 2. The van der Waals surface area contributed by atoms with Gasteiger partial charge in [-0.15, -0.1) is 0 Å². The molecule has 0 aliphatic carbocycles. The summed E-state index contributed by atoms with van der Waals surface area (Å²) in [5.41, 5.74) is 2.39. The Morgan fingerprint density at radius 3 is 2.11 bits per heavy atom. The molecule has 2 heterocycles. The van der Waals surface area contributed by atoms with Gasteiger partial charge in [-0.2, -0.15) is 0 Å². The summed E-state index contributed by atoms with van der Waals surface area (Å²) in [7, 11) is 0. The fraction of sp³-hybridized carbons (Fsp3) is 0.652. The quantitative estimate of drug-likeness (QED) is 0.392. The number of unbranched alkanes of at least 4 members (excludes halogenated alkanes) is 9. The molecule has 3 rings (SSSR count). The van der Waals surface area contributed by atoms with Gasteiger partial charge in [0.15, 0.2) is 0 Å². The molecule has 27 heavy (non-hydrogen) atoms. The molecule has 0 spiro atoms.